The Bertz CT molecular complexity index is 495. The first-order chi connectivity index (χ1) is 7.45. The van der Waals surface area contributed by atoms with Gasteiger partial charge in [-0.1, -0.05) is 6.58 Å². The molecule has 1 aromatic heterocycles. The summed E-state index contributed by atoms with van der Waals surface area (Å²) in [6.45, 7) is 4.05. The van der Waals surface area contributed by atoms with Crippen LogP contribution in [0.25, 0.3) is 0 Å². The summed E-state index contributed by atoms with van der Waals surface area (Å²) in [6.07, 6.45) is 1.17. The molecule has 7 heteroatoms. The number of hydrogen-bond donors (Lipinski definition) is 1. The molecular weight excluding hydrogens is 278 g/mol. The molecule has 0 spiro atoms. The summed E-state index contributed by atoms with van der Waals surface area (Å²) in [5, 5.41) is 10.6. The second-order valence-electron chi connectivity index (χ2n) is 3.19. The van der Waals surface area contributed by atoms with E-state index in [2.05, 4.69) is 22.5 Å². The third-order valence-corrected chi connectivity index (χ3v) is 2.49. The van der Waals surface area contributed by atoms with E-state index < -0.39 is 4.92 Å². The molecule has 1 rings (SSSR count). The third kappa shape index (κ3) is 2.77. The monoisotopic (exact) mass is 287 g/mol. The Balaban J connectivity index is 3.22. The molecule has 0 aliphatic heterocycles. The minimum atomic E-state index is -0.564. The quantitative estimate of drug-likeness (QED) is 0.509. The van der Waals surface area contributed by atoms with Gasteiger partial charge < -0.3 is 10.3 Å². The van der Waals surface area contributed by atoms with E-state index in [9.17, 15) is 14.9 Å². The van der Waals surface area contributed by atoms with Crippen LogP contribution in [-0.2, 0) is 6.54 Å². The Labute approximate surface area is 99.7 Å². The first-order valence-electron chi connectivity index (χ1n) is 4.36. The number of hydrogen-bond acceptors (Lipinski definition) is 4. The number of nitrogens with zero attached hydrogens (tertiary/aromatic N) is 2. The molecule has 6 nitrogen and oxygen atoms in total. The summed E-state index contributed by atoms with van der Waals surface area (Å²) < 4.78 is 1.35. The number of pyridine rings is 1. The molecule has 0 saturated heterocycles. The third-order valence-electron chi connectivity index (χ3n) is 1.92. The molecule has 0 radical (unpaired) electrons. The van der Waals surface area contributed by atoms with Gasteiger partial charge in [0.05, 0.1) is 15.6 Å². The smallest absolute Gasteiger partial charge is 0.286 e. The lowest BCUT2D eigenvalue weighted by Gasteiger charge is -2.06. The van der Waals surface area contributed by atoms with Crippen molar-refractivity contribution in [2.75, 3.05) is 6.54 Å². The second kappa shape index (κ2) is 5.04. The van der Waals surface area contributed by atoms with Crippen LogP contribution in [0.15, 0.2) is 33.7 Å². The van der Waals surface area contributed by atoms with Gasteiger partial charge in [-0.25, -0.2) is 0 Å². The number of halogens is 1. The summed E-state index contributed by atoms with van der Waals surface area (Å²) in [7, 11) is 0. The van der Waals surface area contributed by atoms with Crippen LogP contribution in [0.3, 0.4) is 0 Å². The Kier molecular flexibility index (Phi) is 3.97. The predicted molar refractivity (Wildman–Crippen MR) is 63.3 cm³/mol. The molecule has 86 valence electrons. The molecule has 0 atom stereocenters. The Hall–Kier alpha value is -1.47. The lowest BCUT2D eigenvalue weighted by atomic mass is 10.3. The molecular formula is C9H10BrN3O3. The van der Waals surface area contributed by atoms with Gasteiger partial charge in [-0.15, -0.1) is 0 Å². The molecule has 0 bridgehead atoms. The molecule has 1 heterocycles. The summed E-state index contributed by atoms with van der Waals surface area (Å²) >= 11 is 2.98. The summed E-state index contributed by atoms with van der Waals surface area (Å²) in [4.78, 5) is 21.6. The van der Waals surface area contributed by atoms with E-state index in [0.29, 0.717) is 5.57 Å². The minimum Gasteiger partial charge on any atom is -0.327 e. The van der Waals surface area contributed by atoms with Crippen LogP contribution < -0.4 is 11.3 Å². The van der Waals surface area contributed by atoms with Crippen LogP contribution in [0.4, 0.5) is 5.69 Å². The Morgan fingerprint density at radius 2 is 2.31 bits per heavy atom. The number of aromatic nitrogens is 1. The van der Waals surface area contributed by atoms with Crippen molar-refractivity contribution >= 4 is 21.6 Å². The number of rotatable bonds is 4. The zero-order valence-electron chi connectivity index (χ0n) is 8.35. The van der Waals surface area contributed by atoms with Crippen molar-refractivity contribution < 1.29 is 4.92 Å². The van der Waals surface area contributed by atoms with Gasteiger partial charge in [0.15, 0.2) is 0 Å². The highest BCUT2D eigenvalue weighted by Crippen LogP contribution is 2.14. The van der Waals surface area contributed by atoms with Crippen molar-refractivity contribution in [2.45, 2.75) is 6.54 Å². The normalized spacial score (nSPS) is 10.1. The molecule has 0 saturated carbocycles. The first kappa shape index (κ1) is 12.6. The largest absolute Gasteiger partial charge is 0.327 e. The highest BCUT2D eigenvalue weighted by molar-refractivity contribution is 9.10. The van der Waals surface area contributed by atoms with Gasteiger partial charge in [0.1, 0.15) is 0 Å². The van der Waals surface area contributed by atoms with Gasteiger partial charge in [-0.3, -0.25) is 14.9 Å². The Morgan fingerprint density at radius 1 is 1.69 bits per heavy atom. The standard InChI is InChI=1S/C9H10BrN3O3/c1-6(3-11)4-12-5-7(13(15)16)2-8(10)9(12)14/h2,5H,1,3-4,11H2. The summed E-state index contributed by atoms with van der Waals surface area (Å²) in [6, 6.07) is 1.17. The van der Waals surface area contributed by atoms with Gasteiger partial charge in [-0.05, 0) is 21.5 Å². The molecule has 0 fully saturated rings. The van der Waals surface area contributed by atoms with E-state index in [4.69, 9.17) is 5.73 Å². The highest BCUT2D eigenvalue weighted by atomic mass is 79.9. The Morgan fingerprint density at radius 3 is 2.81 bits per heavy atom. The van der Waals surface area contributed by atoms with Crippen LogP contribution >= 0.6 is 15.9 Å². The molecule has 0 aliphatic rings. The van der Waals surface area contributed by atoms with Gasteiger partial charge in [0.25, 0.3) is 11.2 Å². The fourth-order valence-electron chi connectivity index (χ4n) is 1.11. The molecule has 0 amide bonds. The number of nitro groups is 1. The minimum absolute atomic E-state index is 0.145. The van der Waals surface area contributed by atoms with Crippen molar-refractivity contribution in [1.82, 2.24) is 4.57 Å². The highest BCUT2D eigenvalue weighted by Gasteiger charge is 2.12. The van der Waals surface area contributed by atoms with Crippen molar-refractivity contribution in [2.24, 2.45) is 5.73 Å². The van der Waals surface area contributed by atoms with E-state index in [1.165, 1.54) is 16.8 Å². The first-order valence-corrected chi connectivity index (χ1v) is 5.16. The average molecular weight is 288 g/mol. The van der Waals surface area contributed by atoms with Crippen LogP contribution in [0.1, 0.15) is 0 Å². The topological polar surface area (TPSA) is 91.2 Å². The fraction of sp³-hybridized carbons (Fsp3) is 0.222. The van der Waals surface area contributed by atoms with E-state index >= 15 is 0 Å². The summed E-state index contributed by atoms with van der Waals surface area (Å²) in [5.41, 5.74) is 5.46. The number of nitrogens with two attached hydrogens (primary N) is 1. The van der Waals surface area contributed by atoms with E-state index in [-0.39, 0.29) is 28.8 Å². The molecule has 1 aromatic rings. The second-order valence-corrected chi connectivity index (χ2v) is 4.04. The molecule has 16 heavy (non-hydrogen) atoms. The maximum absolute atomic E-state index is 11.6. The lowest BCUT2D eigenvalue weighted by Crippen LogP contribution is -2.23. The van der Waals surface area contributed by atoms with E-state index in [1.807, 2.05) is 0 Å². The van der Waals surface area contributed by atoms with Crippen molar-refractivity contribution in [1.29, 1.82) is 0 Å². The van der Waals surface area contributed by atoms with Crippen molar-refractivity contribution in [3.63, 3.8) is 0 Å². The summed E-state index contributed by atoms with van der Waals surface area (Å²) in [5.74, 6) is 0. The maximum atomic E-state index is 11.6. The lowest BCUT2D eigenvalue weighted by molar-refractivity contribution is -0.385. The van der Waals surface area contributed by atoms with Gasteiger partial charge in [0, 0.05) is 19.2 Å². The van der Waals surface area contributed by atoms with Crippen LogP contribution in [-0.4, -0.2) is 16.0 Å². The van der Waals surface area contributed by atoms with Crippen LogP contribution in [0, 0.1) is 10.1 Å². The zero-order valence-corrected chi connectivity index (χ0v) is 9.94. The predicted octanol–water partition coefficient (Wildman–Crippen LogP) is 1.03. The fourth-order valence-corrected chi connectivity index (χ4v) is 1.57. The average Bonchev–Trinajstić information content (AvgIpc) is 2.23. The molecule has 2 N–H and O–H groups in total. The van der Waals surface area contributed by atoms with E-state index in [0.717, 1.165) is 0 Å². The van der Waals surface area contributed by atoms with Gasteiger partial charge in [0.2, 0.25) is 0 Å². The van der Waals surface area contributed by atoms with Crippen LogP contribution in [0.5, 0.6) is 0 Å². The maximum Gasteiger partial charge on any atom is 0.286 e. The van der Waals surface area contributed by atoms with Crippen LogP contribution in [0.2, 0.25) is 0 Å². The van der Waals surface area contributed by atoms with Crippen molar-refractivity contribution in [3.8, 4) is 0 Å². The van der Waals surface area contributed by atoms with Gasteiger partial charge >= 0.3 is 0 Å². The van der Waals surface area contributed by atoms with Crippen molar-refractivity contribution in [3.05, 3.63) is 49.4 Å². The zero-order chi connectivity index (χ0) is 12.3. The van der Waals surface area contributed by atoms with E-state index in [1.54, 1.807) is 0 Å². The molecule has 0 aliphatic carbocycles. The SMILES string of the molecule is C=C(CN)Cn1cc([N+](=O)[O-])cc(Br)c1=O. The molecule has 0 unspecified atom stereocenters. The molecule has 0 aromatic carbocycles. The van der Waals surface area contributed by atoms with Gasteiger partial charge in [-0.2, -0.15) is 0 Å².